The van der Waals surface area contributed by atoms with E-state index in [1.54, 1.807) is 0 Å². The van der Waals surface area contributed by atoms with E-state index >= 15 is 0 Å². The first-order chi connectivity index (χ1) is 4.76. The van der Waals surface area contributed by atoms with Crippen molar-refractivity contribution in [1.29, 1.82) is 0 Å². The number of aliphatic carboxylic acids is 1. The average Bonchev–Trinajstić information content (AvgIpc) is 1.82. The minimum Gasteiger partial charge on any atom is -0.545 e. The molecule has 0 heterocycles. The molecule has 1 atom stereocenters. The number of hydrogen-bond donors (Lipinski definition) is 1. The highest BCUT2D eigenvalue weighted by atomic mass is 35.6. The summed E-state index contributed by atoms with van der Waals surface area (Å²) in [5.74, 6) is -1.65. The van der Waals surface area contributed by atoms with Crippen LogP contribution in [0.2, 0.25) is 0 Å². The van der Waals surface area contributed by atoms with Crippen molar-refractivity contribution in [2.45, 2.75) is 9.90 Å². The van der Waals surface area contributed by atoms with Crippen LogP contribution in [0.25, 0.3) is 0 Å². The van der Waals surface area contributed by atoms with Gasteiger partial charge in [-0.2, -0.15) is 0 Å². The van der Waals surface area contributed by atoms with E-state index in [2.05, 4.69) is 6.58 Å². The Morgan fingerprint density at radius 1 is 1.55 bits per heavy atom. The lowest BCUT2D eigenvalue weighted by atomic mass is 10.2. The van der Waals surface area contributed by atoms with Gasteiger partial charge in [-0.3, -0.25) is 0 Å². The average molecular weight is 218 g/mol. The zero-order valence-corrected chi connectivity index (χ0v) is 7.45. The quantitative estimate of drug-likeness (QED) is 0.525. The Morgan fingerprint density at radius 3 is 2.00 bits per heavy atom. The molecular weight excluding hydrogens is 214 g/mol. The van der Waals surface area contributed by atoms with Crippen molar-refractivity contribution >= 4 is 40.8 Å². The van der Waals surface area contributed by atoms with E-state index in [-0.39, 0.29) is 0 Å². The van der Waals surface area contributed by atoms with Gasteiger partial charge >= 0.3 is 0 Å². The molecule has 0 aliphatic heterocycles. The molecule has 64 valence electrons. The lowest BCUT2D eigenvalue weighted by Gasteiger charge is -2.21. The van der Waals surface area contributed by atoms with Gasteiger partial charge in [0.2, 0.25) is 3.79 Å². The zero-order valence-electron chi connectivity index (χ0n) is 5.18. The fourth-order valence-corrected chi connectivity index (χ4v) is 0.704. The minimum atomic E-state index is -2.09. The van der Waals surface area contributed by atoms with Crippen LogP contribution in [0.5, 0.6) is 0 Å². The Bertz CT molecular complexity index is 184. The van der Waals surface area contributed by atoms with Crippen LogP contribution in [-0.2, 0) is 4.79 Å². The first-order valence-electron chi connectivity index (χ1n) is 2.41. The largest absolute Gasteiger partial charge is 0.545 e. The van der Waals surface area contributed by atoms with Gasteiger partial charge in [-0.1, -0.05) is 41.4 Å². The van der Waals surface area contributed by atoms with E-state index in [4.69, 9.17) is 39.9 Å². The summed E-state index contributed by atoms with van der Waals surface area (Å²) in [4.78, 5) is 10.0. The van der Waals surface area contributed by atoms with Gasteiger partial charge in [-0.25, -0.2) is 0 Å². The van der Waals surface area contributed by atoms with E-state index < -0.39 is 21.4 Å². The molecule has 0 radical (unpaired) electrons. The van der Waals surface area contributed by atoms with Crippen LogP contribution in [-0.4, -0.2) is 21.0 Å². The normalized spacial score (nSPS) is 14.2. The number of carbonyl (C=O) groups is 1. The van der Waals surface area contributed by atoms with Gasteiger partial charge in [-0.15, -0.1) is 0 Å². The molecule has 0 saturated carbocycles. The highest BCUT2D eigenvalue weighted by molar-refractivity contribution is 6.68. The summed E-state index contributed by atoms with van der Waals surface area (Å²) in [6.07, 6.45) is -1.75. The second-order valence-electron chi connectivity index (χ2n) is 1.76. The van der Waals surface area contributed by atoms with Gasteiger partial charge in [0.25, 0.3) is 0 Å². The first kappa shape index (κ1) is 11.0. The second-order valence-corrected chi connectivity index (χ2v) is 4.13. The van der Waals surface area contributed by atoms with Crippen molar-refractivity contribution in [1.82, 2.24) is 0 Å². The summed E-state index contributed by atoms with van der Waals surface area (Å²) >= 11 is 15.5. The second kappa shape index (κ2) is 3.63. The van der Waals surface area contributed by atoms with Crippen molar-refractivity contribution < 1.29 is 15.0 Å². The predicted molar refractivity (Wildman–Crippen MR) is 40.4 cm³/mol. The van der Waals surface area contributed by atoms with E-state index in [1.165, 1.54) is 0 Å². The number of carboxylic acid groups (broad SMARTS) is 1. The number of rotatable bonds is 2. The van der Waals surface area contributed by atoms with E-state index in [1.807, 2.05) is 0 Å². The number of alkyl halides is 3. The number of aliphatic hydroxyl groups excluding tert-OH is 1. The zero-order chi connectivity index (χ0) is 9.23. The molecule has 0 saturated heterocycles. The molecule has 11 heavy (non-hydrogen) atoms. The maximum Gasteiger partial charge on any atom is 0.220 e. The number of carbonyl (C=O) groups excluding carboxylic acids is 1. The highest BCUT2D eigenvalue weighted by Gasteiger charge is 2.33. The lowest BCUT2D eigenvalue weighted by molar-refractivity contribution is -0.300. The molecule has 0 spiro atoms. The number of carboxylic acids is 1. The molecule has 0 aromatic rings. The molecule has 0 aliphatic rings. The minimum absolute atomic E-state index is 0.662. The Balaban J connectivity index is 4.38. The van der Waals surface area contributed by atoms with Gasteiger partial charge in [0.05, 0.1) is 5.97 Å². The molecule has 0 bridgehead atoms. The monoisotopic (exact) mass is 217 g/mol. The smallest absolute Gasteiger partial charge is 0.220 e. The summed E-state index contributed by atoms with van der Waals surface area (Å²) < 4.78 is -2.09. The number of halogens is 3. The van der Waals surface area contributed by atoms with E-state index in [9.17, 15) is 9.90 Å². The van der Waals surface area contributed by atoms with Crippen LogP contribution in [0, 0.1) is 0 Å². The number of hydrogen-bond acceptors (Lipinski definition) is 3. The van der Waals surface area contributed by atoms with Crippen LogP contribution in [0.1, 0.15) is 0 Å². The Morgan fingerprint density at radius 2 is 1.91 bits per heavy atom. The first-order valence-corrected chi connectivity index (χ1v) is 3.55. The molecule has 0 aromatic heterocycles. The molecule has 0 amide bonds. The van der Waals surface area contributed by atoms with Crippen LogP contribution >= 0.6 is 34.8 Å². The molecule has 0 fully saturated rings. The van der Waals surface area contributed by atoms with Gasteiger partial charge in [0.15, 0.2) is 0 Å². The molecule has 3 nitrogen and oxygen atoms in total. The molecule has 0 aliphatic carbocycles. The van der Waals surface area contributed by atoms with E-state index in [0.29, 0.717) is 0 Å². The van der Waals surface area contributed by atoms with Gasteiger partial charge in [0, 0.05) is 5.57 Å². The van der Waals surface area contributed by atoms with Crippen LogP contribution in [0.4, 0.5) is 0 Å². The Labute approximate surface area is 78.2 Å². The van der Waals surface area contributed by atoms with Crippen LogP contribution in [0.3, 0.4) is 0 Å². The summed E-state index contributed by atoms with van der Waals surface area (Å²) in [6.45, 7) is 2.96. The van der Waals surface area contributed by atoms with Gasteiger partial charge < -0.3 is 15.0 Å². The molecule has 0 rings (SSSR count). The molecule has 6 heteroatoms. The third kappa shape index (κ3) is 3.29. The lowest BCUT2D eigenvalue weighted by Crippen LogP contribution is -2.36. The summed E-state index contributed by atoms with van der Waals surface area (Å²) in [5.41, 5.74) is -0.662. The standard InChI is InChI=1S/C5H5Cl3O3/c1-2(4(10)11)3(9)5(6,7)8/h3,9H,1H2,(H,10,11)/p-1. The van der Waals surface area contributed by atoms with E-state index in [0.717, 1.165) is 0 Å². The molecule has 0 aromatic carbocycles. The maximum absolute atomic E-state index is 10.0. The summed E-state index contributed by atoms with van der Waals surface area (Å²) in [6, 6.07) is 0. The fraction of sp³-hybridized carbons (Fsp3) is 0.400. The third-order valence-corrected chi connectivity index (χ3v) is 1.52. The topological polar surface area (TPSA) is 60.4 Å². The number of aliphatic hydroxyl groups is 1. The highest BCUT2D eigenvalue weighted by Crippen LogP contribution is 2.32. The predicted octanol–water partition coefficient (Wildman–Crippen LogP) is 0.0236. The fourth-order valence-electron chi connectivity index (χ4n) is 0.309. The van der Waals surface area contributed by atoms with Crippen molar-refractivity contribution in [3.8, 4) is 0 Å². The van der Waals surface area contributed by atoms with Gasteiger partial charge in [-0.05, 0) is 0 Å². The van der Waals surface area contributed by atoms with Crippen LogP contribution < -0.4 is 5.11 Å². The third-order valence-electron chi connectivity index (χ3n) is 0.902. The summed E-state index contributed by atoms with van der Waals surface area (Å²) in [7, 11) is 0. The molecule has 1 unspecified atom stereocenters. The maximum atomic E-state index is 10.0. The SMILES string of the molecule is C=C(C(=O)[O-])C(O)C(Cl)(Cl)Cl. The van der Waals surface area contributed by atoms with Crippen molar-refractivity contribution in [2.75, 3.05) is 0 Å². The van der Waals surface area contributed by atoms with Crippen LogP contribution in [0.15, 0.2) is 12.2 Å². The molecule has 1 N–H and O–H groups in total. The Kier molecular flexibility index (Phi) is 3.64. The van der Waals surface area contributed by atoms with Crippen molar-refractivity contribution in [2.24, 2.45) is 0 Å². The van der Waals surface area contributed by atoms with Crippen molar-refractivity contribution in [3.63, 3.8) is 0 Å². The summed E-state index contributed by atoms with van der Waals surface area (Å²) in [5, 5.41) is 18.9. The Hall–Kier alpha value is 0.0400. The van der Waals surface area contributed by atoms with Gasteiger partial charge in [0.1, 0.15) is 6.10 Å². The van der Waals surface area contributed by atoms with Crippen molar-refractivity contribution in [3.05, 3.63) is 12.2 Å². The molecular formula is C5H4Cl3O3-.